The van der Waals surface area contributed by atoms with Gasteiger partial charge in [0.25, 0.3) is 0 Å². The monoisotopic (exact) mass is 408 g/mol. The van der Waals surface area contributed by atoms with Crippen LogP contribution in [-0.4, -0.2) is 18.3 Å². The summed E-state index contributed by atoms with van der Waals surface area (Å²) in [5.74, 6) is 2.65. The Morgan fingerprint density at radius 3 is 1.67 bits per heavy atom. The highest BCUT2D eigenvalue weighted by Gasteiger charge is 2.10. The Morgan fingerprint density at radius 1 is 0.567 bits per heavy atom. The normalized spacial score (nSPS) is 10.5. The van der Waals surface area contributed by atoms with Gasteiger partial charge in [-0.3, -0.25) is 0 Å². The van der Waals surface area contributed by atoms with Gasteiger partial charge in [0.1, 0.15) is 13.2 Å². The molecule has 0 aliphatic heterocycles. The van der Waals surface area contributed by atoms with E-state index in [4.69, 9.17) is 18.9 Å². The Hall–Kier alpha value is -3.18. The first kappa shape index (κ1) is 21.5. The molecule has 0 atom stereocenters. The molecule has 5 heteroatoms. The van der Waals surface area contributed by atoms with Gasteiger partial charge in [-0.05, 0) is 54.8 Å². The second-order valence-corrected chi connectivity index (χ2v) is 6.65. The quantitative estimate of drug-likeness (QED) is 0.476. The molecular weight excluding hydrogens is 380 g/mol. The van der Waals surface area contributed by atoms with E-state index < -0.39 is 0 Å². The topological polar surface area (TPSA) is 57.2 Å². The predicted molar refractivity (Wildman–Crippen MR) is 116 cm³/mol. The van der Waals surface area contributed by atoms with Crippen molar-refractivity contribution >= 4 is 0 Å². The van der Waals surface area contributed by atoms with Gasteiger partial charge in [0.15, 0.2) is 23.0 Å². The van der Waals surface area contributed by atoms with Crippen molar-refractivity contribution in [2.75, 3.05) is 13.2 Å². The first-order valence-electron chi connectivity index (χ1n) is 10.1. The van der Waals surface area contributed by atoms with Crippen molar-refractivity contribution in [2.45, 2.75) is 33.7 Å². The second-order valence-electron chi connectivity index (χ2n) is 6.65. The molecule has 0 fully saturated rings. The van der Waals surface area contributed by atoms with Crippen LogP contribution in [0.2, 0.25) is 0 Å². The standard InChI is InChI=1S/C25H28O5/c1-3-27-24-14-20(16-26)10-12-22(24)30-18-21-11-13-23(25(15-21)28-4-2)29-17-19-8-6-5-7-9-19/h5-15,26H,3-4,16-18H2,1-2H3. The molecule has 3 rings (SSSR count). The molecule has 0 aliphatic carbocycles. The van der Waals surface area contributed by atoms with Crippen molar-refractivity contribution in [3.8, 4) is 23.0 Å². The van der Waals surface area contributed by atoms with E-state index in [2.05, 4.69) is 0 Å². The van der Waals surface area contributed by atoms with E-state index in [1.807, 2.05) is 74.5 Å². The zero-order valence-corrected chi connectivity index (χ0v) is 17.5. The zero-order chi connectivity index (χ0) is 21.2. The molecule has 3 aromatic rings. The smallest absolute Gasteiger partial charge is 0.161 e. The summed E-state index contributed by atoms with van der Waals surface area (Å²) < 4.78 is 23.4. The molecule has 0 amide bonds. The number of ether oxygens (including phenoxy) is 4. The van der Waals surface area contributed by atoms with Crippen LogP contribution in [0.15, 0.2) is 66.7 Å². The summed E-state index contributed by atoms with van der Waals surface area (Å²) in [5.41, 5.74) is 2.84. The van der Waals surface area contributed by atoms with Gasteiger partial charge in [0.2, 0.25) is 0 Å². The van der Waals surface area contributed by atoms with E-state index in [-0.39, 0.29) is 6.61 Å². The first-order valence-corrected chi connectivity index (χ1v) is 10.1. The van der Waals surface area contributed by atoms with Gasteiger partial charge in [-0.15, -0.1) is 0 Å². The van der Waals surface area contributed by atoms with Gasteiger partial charge >= 0.3 is 0 Å². The molecule has 0 bridgehead atoms. The Kier molecular flexibility index (Phi) is 7.98. The molecule has 0 saturated heterocycles. The number of hydrogen-bond acceptors (Lipinski definition) is 5. The highest BCUT2D eigenvalue weighted by Crippen LogP contribution is 2.32. The SMILES string of the molecule is CCOc1cc(CO)ccc1OCc1ccc(OCc2ccccc2)c(OCC)c1. The molecule has 0 spiro atoms. The van der Waals surface area contributed by atoms with Crippen LogP contribution in [0, 0.1) is 0 Å². The lowest BCUT2D eigenvalue weighted by Crippen LogP contribution is -2.03. The average molecular weight is 408 g/mol. The molecule has 3 aromatic carbocycles. The fourth-order valence-corrected chi connectivity index (χ4v) is 2.96. The minimum atomic E-state index is -0.0392. The van der Waals surface area contributed by atoms with Crippen LogP contribution in [-0.2, 0) is 19.8 Å². The summed E-state index contributed by atoms with van der Waals surface area (Å²) in [6, 6.07) is 21.3. The highest BCUT2D eigenvalue weighted by atomic mass is 16.5. The van der Waals surface area contributed by atoms with Gasteiger partial charge in [0, 0.05) is 0 Å². The summed E-state index contributed by atoms with van der Waals surface area (Å²) in [4.78, 5) is 0. The van der Waals surface area contributed by atoms with Crippen LogP contribution in [0.3, 0.4) is 0 Å². The summed E-state index contributed by atoms with van der Waals surface area (Å²) in [6.07, 6.45) is 0. The summed E-state index contributed by atoms with van der Waals surface area (Å²) in [7, 11) is 0. The van der Waals surface area contributed by atoms with E-state index in [0.29, 0.717) is 49.4 Å². The first-order chi connectivity index (χ1) is 14.7. The minimum absolute atomic E-state index is 0.0392. The Balaban J connectivity index is 1.70. The molecule has 0 unspecified atom stereocenters. The number of hydrogen-bond donors (Lipinski definition) is 1. The molecule has 1 N–H and O–H groups in total. The van der Waals surface area contributed by atoms with E-state index in [1.54, 1.807) is 6.07 Å². The lowest BCUT2D eigenvalue weighted by Gasteiger charge is -2.15. The minimum Gasteiger partial charge on any atom is -0.490 e. The summed E-state index contributed by atoms with van der Waals surface area (Å²) in [5, 5.41) is 9.33. The van der Waals surface area contributed by atoms with Crippen LogP contribution in [0.25, 0.3) is 0 Å². The summed E-state index contributed by atoms with van der Waals surface area (Å²) in [6.45, 7) is 5.72. The van der Waals surface area contributed by atoms with Crippen LogP contribution < -0.4 is 18.9 Å². The third-order valence-electron chi connectivity index (χ3n) is 4.43. The molecule has 158 valence electrons. The van der Waals surface area contributed by atoms with E-state index in [0.717, 1.165) is 16.7 Å². The molecule has 0 radical (unpaired) electrons. The number of aliphatic hydroxyl groups is 1. The molecule has 0 saturated carbocycles. The maximum Gasteiger partial charge on any atom is 0.161 e. The Morgan fingerprint density at radius 2 is 1.10 bits per heavy atom. The van der Waals surface area contributed by atoms with Gasteiger partial charge in [-0.2, -0.15) is 0 Å². The van der Waals surface area contributed by atoms with Crippen molar-refractivity contribution in [3.63, 3.8) is 0 Å². The zero-order valence-electron chi connectivity index (χ0n) is 17.5. The third kappa shape index (κ3) is 5.91. The Labute approximate surface area is 177 Å². The maximum absolute atomic E-state index is 9.33. The lowest BCUT2D eigenvalue weighted by molar-refractivity contribution is 0.259. The second kappa shape index (κ2) is 11.1. The van der Waals surface area contributed by atoms with Crippen LogP contribution in [0.5, 0.6) is 23.0 Å². The van der Waals surface area contributed by atoms with Crippen LogP contribution >= 0.6 is 0 Å². The van der Waals surface area contributed by atoms with Gasteiger partial charge in [-0.1, -0.05) is 42.5 Å². The van der Waals surface area contributed by atoms with Crippen LogP contribution in [0.4, 0.5) is 0 Å². The fourth-order valence-electron chi connectivity index (χ4n) is 2.96. The lowest BCUT2D eigenvalue weighted by atomic mass is 10.2. The van der Waals surface area contributed by atoms with Gasteiger partial charge in [-0.25, -0.2) is 0 Å². The molecular formula is C25H28O5. The van der Waals surface area contributed by atoms with E-state index in [9.17, 15) is 5.11 Å². The van der Waals surface area contributed by atoms with Crippen molar-refractivity contribution in [3.05, 3.63) is 83.4 Å². The fraction of sp³-hybridized carbons (Fsp3) is 0.280. The predicted octanol–water partition coefficient (Wildman–Crippen LogP) is 5.13. The molecule has 0 heterocycles. The number of rotatable bonds is 11. The Bertz CT molecular complexity index is 924. The maximum atomic E-state index is 9.33. The van der Waals surface area contributed by atoms with E-state index in [1.165, 1.54) is 0 Å². The highest BCUT2D eigenvalue weighted by molar-refractivity contribution is 5.45. The van der Waals surface area contributed by atoms with Crippen LogP contribution in [0.1, 0.15) is 30.5 Å². The third-order valence-corrected chi connectivity index (χ3v) is 4.43. The molecule has 0 aliphatic rings. The van der Waals surface area contributed by atoms with Gasteiger partial charge in [0.05, 0.1) is 19.8 Å². The molecule has 5 nitrogen and oxygen atoms in total. The van der Waals surface area contributed by atoms with Crippen molar-refractivity contribution in [2.24, 2.45) is 0 Å². The largest absolute Gasteiger partial charge is 0.490 e. The average Bonchev–Trinajstić information content (AvgIpc) is 2.78. The number of benzene rings is 3. The van der Waals surface area contributed by atoms with Crippen molar-refractivity contribution in [1.29, 1.82) is 0 Å². The van der Waals surface area contributed by atoms with Gasteiger partial charge < -0.3 is 24.1 Å². The van der Waals surface area contributed by atoms with Crippen molar-refractivity contribution in [1.82, 2.24) is 0 Å². The van der Waals surface area contributed by atoms with Crippen molar-refractivity contribution < 1.29 is 24.1 Å². The summed E-state index contributed by atoms with van der Waals surface area (Å²) >= 11 is 0. The van der Waals surface area contributed by atoms with E-state index >= 15 is 0 Å². The molecule has 0 aromatic heterocycles. The number of aliphatic hydroxyl groups excluding tert-OH is 1. The molecule has 30 heavy (non-hydrogen) atoms.